The maximum Gasteiger partial charge on any atom is 0.136 e. The first-order valence-corrected chi connectivity index (χ1v) is 16.8. The molecule has 3 nitrogen and oxygen atoms in total. The maximum absolute atomic E-state index is 9.76. The molecule has 0 spiro atoms. The molecular formula is C47H25NO2. The Kier molecular flexibility index (Phi) is 5.45. The molecule has 2 aliphatic rings. The number of benzene rings is 9. The first kappa shape index (κ1) is 27.1. The van der Waals surface area contributed by atoms with Crippen LogP contribution in [0.5, 0.6) is 23.0 Å². The van der Waals surface area contributed by atoms with Crippen LogP contribution in [0, 0.1) is 11.3 Å². The molecular weight excluding hydrogens is 611 g/mol. The third kappa shape index (κ3) is 3.62. The largest absolute Gasteiger partial charge is 0.456 e. The van der Waals surface area contributed by atoms with E-state index in [0.29, 0.717) is 5.56 Å². The van der Waals surface area contributed by atoms with E-state index in [0.717, 1.165) is 61.4 Å². The second kappa shape index (κ2) is 10.1. The van der Waals surface area contributed by atoms with Gasteiger partial charge in [0, 0.05) is 27.3 Å². The van der Waals surface area contributed by atoms with E-state index in [4.69, 9.17) is 9.47 Å². The van der Waals surface area contributed by atoms with Crippen molar-refractivity contribution < 1.29 is 9.47 Å². The third-order valence-electron chi connectivity index (χ3n) is 10.5. The number of nitriles is 1. The van der Waals surface area contributed by atoms with Crippen LogP contribution in [-0.4, -0.2) is 0 Å². The van der Waals surface area contributed by atoms with Crippen LogP contribution in [0.1, 0.15) is 5.56 Å². The Morgan fingerprint density at radius 2 is 0.880 bits per heavy atom. The van der Waals surface area contributed by atoms with Crippen molar-refractivity contribution in [1.29, 1.82) is 5.26 Å². The second-order valence-corrected chi connectivity index (χ2v) is 13.0. The molecule has 0 amide bonds. The van der Waals surface area contributed by atoms with E-state index in [1.54, 1.807) is 0 Å². The fourth-order valence-corrected chi connectivity index (χ4v) is 8.41. The molecule has 0 unspecified atom stereocenters. The van der Waals surface area contributed by atoms with Gasteiger partial charge >= 0.3 is 0 Å². The van der Waals surface area contributed by atoms with Crippen LogP contribution in [0.25, 0.3) is 87.6 Å². The molecule has 0 aromatic heterocycles. The van der Waals surface area contributed by atoms with Crippen LogP contribution >= 0.6 is 0 Å². The molecule has 9 aromatic carbocycles. The maximum atomic E-state index is 9.76. The fourth-order valence-electron chi connectivity index (χ4n) is 8.41. The normalized spacial score (nSPS) is 12.3. The quantitative estimate of drug-likeness (QED) is 0.178. The topological polar surface area (TPSA) is 42.2 Å². The first-order valence-electron chi connectivity index (χ1n) is 16.8. The lowest BCUT2D eigenvalue weighted by Gasteiger charge is -2.24. The second-order valence-electron chi connectivity index (χ2n) is 13.0. The van der Waals surface area contributed by atoms with Crippen molar-refractivity contribution in [2.24, 2.45) is 0 Å². The highest BCUT2D eigenvalue weighted by atomic mass is 16.5. The lowest BCUT2D eigenvalue weighted by Crippen LogP contribution is -1.99. The van der Waals surface area contributed by atoms with Crippen LogP contribution < -0.4 is 9.47 Å². The minimum atomic E-state index is 0.653. The Morgan fingerprint density at radius 1 is 0.360 bits per heavy atom. The molecule has 3 heteroatoms. The summed E-state index contributed by atoms with van der Waals surface area (Å²) in [5.74, 6) is 3.37. The van der Waals surface area contributed by atoms with Gasteiger partial charge in [0.15, 0.2) is 0 Å². The van der Waals surface area contributed by atoms with Crippen molar-refractivity contribution in [2.75, 3.05) is 0 Å². The van der Waals surface area contributed by atoms with Gasteiger partial charge in [0.2, 0.25) is 0 Å². The molecule has 11 rings (SSSR count). The highest BCUT2D eigenvalue weighted by Crippen LogP contribution is 2.53. The molecule has 0 radical (unpaired) electrons. The molecule has 0 saturated heterocycles. The molecule has 50 heavy (non-hydrogen) atoms. The Balaban J connectivity index is 1.17. The predicted octanol–water partition coefficient (Wildman–Crippen LogP) is 13.1. The molecule has 0 atom stereocenters. The van der Waals surface area contributed by atoms with Crippen molar-refractivity contribution in [3.63, 3.8) is 0 Å². The Morgan fingerprint density at radius 3 is 1.68 bits per heavy atom. The van der Waals surface area contributed by atoms with E-state index < -0.39 is 0 Å². The Labute approximate surface area is 287 Å². The number of nitrogens with zero attached hydrogens (tertiary/aromatic N) is 1. The minimum Gasteiger partial charge on any atom is -0.456 e. The molecule has 0 aliphatic carbocycles. The summed E-state index contributed by atoms with van der Waals surface area (Å²) in [5, 5.41) is 18.7. The smallest absolute Gasteiger partial charge is 0.136 e. The summed E-state index contributed by atoms with van der Waals surface area (Å²) in [6.45, 7) is 0. The lowest BCUT2D eigenvalue weighted by atomic mass is 9.83. The molecule has 0 N–H and O–H groups in total. The monoisotopic (exact) mass is 635 g/mol. The molecule has 2 aliphatic heterocycles. The van der Waals surface area contributed by atoms with E-state index in [2.05, 4.69) is 121 Å². The zero-order valence-corrected chi connectivity index (χ0v) is 26.7. The van der Waals surface area contributed by atoms with Crippen molar-refractivity contribution in [3.8, 4) is 73.6 Å². The number of para-hydroxylation sites is 1. The summed E-state index contributed by atoms with van der Waals surface area (Å²) in [5.41, 5.74) is 9.74. The Hall–Kier alpha value is -6.89. The highest BCUT2D eigenvalue weighted by molar-refractivity contribution is 6.25. The minimum absolute atomic E-state index is 0.653. The van der Waals surface area contributed by atoms with E-state index in [-0.39, 0.29) is 0 Å². The standard InChI is InChI=1S/C47H25NO2/c48-26-28-20-24-42-46-29(28)14-7-15-32(46)31-21-19-27(25-43(31)50-42)44-33-10-1-3-12-35(33)45(36-13-4-2-11-34(36)44)39-23-22-38-30-9-5-6-17-40(30)49-41-18-8-16-37(39)47(38)41/h1-25H. The van der Waals surface area contributed by atoms with Gasteiger partial charge in [-0.15, -0.1) is 0 Å². The Bertz CT molecular complexity index is 2950. The summed E-state index contributed by atoms with van der Waals surface area (Å²) in [6.07, 6.45) is 0. The predicted molar refractivity (Wildman–Crippen MR) is 203 cm³/mol. The number of hydrogen-bond donors (Lipinski definition) is 0. The van der Waals surface area contributed by atoms with Gasteiger partial charge in [0.25, 0.3) is 0 Å². The number of ether oxygens (including phenoxy) is 2. The van der Waals surface area contributed by atoms with Crippen LogP contribution in [0.3, 0.4) is 0 Å². The molecule has 230 valence electrons. The summed E-state index contributed by atoms with van der Waals surface area (Å²) >= 11 is 0. The summed E-state index contributed by atoms with van der Waals surface area (Å²) < 4.78 is 13.1. The van der Waals surface area contributed by atoms with Gasteiger partial charge in [-0.05, 0) is 96.7 Å². The summed E-state index contributed by atoms with van der Waals surface area (Å²) in [6, 6.07) is 55.6. The van der Waals surface area contributed by atoms with Crippen molar-refractivity contribution in [1.82, 2.24) is 0 Å². The van der Waals surface area contributed by atoms with Crippen LogP contribution in [0.4, 0.5) is 0 Å². The molecule has 0 fully saturated rings. The number of hydrogen-bond acceptors (Lipinski definition) is 3. The van der Waals surface area contributed by atoms with Gasteiger partial charge in [-0.2, -0.15) is 5.26 Å². The molecule has 0 bridgehead atoms. The van der Waals surface area contributed by atoms with Crippen LogP contribution in [0.2, 0.25) is 0 Å². The van der Waals surface area contributed by atoms with Crippen LogP contribution in [0.15, 0.2) is 152 Å². The van der Waals surface area contributed by atoms with Gasteiger partial charge in [-0.25, -0.2) is 0 Å². The fraction of sp³-hybridized carbons (Fsp3) is 0. The van der Waals surface area contributed by atoms with Crippen LogP contribution in [-0.2, 0) is 0 Å². The molecule has 9 aromatic rings. The van der Waals surface area contributed by atoms with E-state index in [1.165, 1.54) is 49.2 Å². The summed E-state index contributed by atoms with van der Waals surface area (Å²) in [4.78, 5) is 0. The zero-order valence-electron chi connectivity index (χ0n) is 26.7. The third-order valence-corrected chi connectivity index (χ3v) is 10.5. The van der Waals surface area contributed by atoms with Crippen molar-refractivity contribution in [3.05, 3.63) is 157 Å². The van der Waals surface area contributed by atoms with Gasteiger partial charge in [-0.1, -0.05) is 115 Å². The first-order chi connectivity index (χ1) is 24.8. The van der Waals surface area contributed by atoms with E-state index >= 15 is 0 Å². The van der Waals surface area contributed by atoms with Gasteiger partial charge < -0.3 is 9.47 Å². The van der Waals surface area contributed by atoms with Gasteiger partial charge in [0.05, 0.1) is 11.6 Å². The average molecular weight is 636 g/mol. The molecule has 0 saturated carbocycles. The number of fused-ring (bicyclic) bond motifs is 6. The van der Waals surface area contributed by atoms with Gasteiger partial charge in [0.1, 0.15) is 23.0 Å². The molecule has 2 heterocycles. The lowest BCUT2D eigenvalue weighted by molar-refractivity contribution is 0.487. The zero-order chi connectivity index (χ0) is 32.9. The number of rotatable bonds is 2. The summed E-state index contributed by atoms with van der Waals surface area (Å²) in [7, 11) is 0. The SMILES string of the molecule is N#Cc1ccc2c3c(cccc13)-c1ccc(-c3c4ccccc4c(-c4ccc5c6c(cccc46)Oc4ccccc4-5)c4ccccc34)cc1O2. The average Bonchev–Trinajstić information content (AvgIpc) is 3.17. The van der Waals surface area contributed by atoms with Gasteiger partial charge in [-0.3, -0.25) is 0 Å². The highest BCUT2D eigenvalue weighted by Gasteiger charge is 2.25. The van der Waals surface area contributed by atoms with E-state index in [1.807, 2.05) is 36.4 Å². The van der Waals surface area contributed by atoms with E-state index in [9.17, 15) is 5.26 Å². The van der Waals surface area contributed by atoms with Crippen molar-refractivity contribution in [2.45, 2.75) is 0 Å². The van der Waals surface area contributed by atoms with Crippen molar-refractivity contribution >= 4 is 43.1 Å².